The molecule has 0 saturated carbocycles. The van der Waals surface area contributed by atoms with Crippen molar-refractivity contribution in [3.05, 3.63) is 0 Å². The summed E-state index contributed by atoms with van der Waals surface area (Å²) in [6.07, 6.45) is -0.224. The maximum absolute atomic E-state index is 9.99. The topological polar surface area (TPSA) is 101 Å². The van der Waals surface area contributed by atoms with Gasteiger partial charge in [0.25, 0.3) is 0 Å². The summed E-state index contributed by atoms with van der Waals surface area (Å²) in [7, 11) is 0. The second-order valence-electron chi connectivity index (χ2n) is 1.88. The summed E-state index contributed by atoms with van der Waals surface area (Å²) in [6, 6.07) is -1.06. The standard InChI is InChI=1S/C5H9NO4.Mg.2H/c6-3(5(9)10)1-2-4(7)8;;;/h3H,1-2,6H2,(H,7,8)(H,9,10);;;/t3-;;;/m1.../s1. The van der Waals surface area contributed by atoms with Crippen LogP contribution in [0.15, 0.2) is 0 Å². The molecule has 0 aromatic carbocycles. The number of nitrogens with two attached hydrogens (primary N) is 1. The molecule has 0 aliphatic heterocycles. The number of hydrogen-bond donors (Lipinski definition) is 3. The van der Waals surface area contributed by atoms with Crippen molar-refractivity contribution in [2.75, 3.05) is 0 Å². The highest BCUT2D eigenvalue weighted by Crippen LogP contribution is 1.93. The van der Waals surface area contributed by atoms with Crippen LogP contribution in [-0.4, -0.2) is 51.2 Å². The summed E-state index contributed by atoms with van der Waals surface area (Å²) >= 11 is 0. The third-order valence-electron chi connectivity index (χ3n) is 0.986. The van der Waals surface area contributed by atoms with E-state index in [-0.39, 0.29) is 35.9 Å². The van der Waals surface area contributed by atoms with E-state index in [2.05, 4.69) is 0 Å². The summed E-state index contributed by atoms with van der Waals surface area (Å²) in [5, 5.41) is 16.3. The van der Waals surface area contributed by atoms with Crippen molar-refractivity contribution in [1.82, 2.24) is 0 Å². The van der Waals surface area contributed by atoms with E-state index in [1.54, 1.807) is 0 Å². The predicted octanol–water partition coefficient (Wildman–Crippen LogP) is -1.65. The largest absolute Gasteiger partial charge is 0.481 e. The summed E-state index contributed by atoms with van der Waals surface area (Å²) in [4.78, 5) is 19.9. The van der Waals surface area contributed by atoms with Gasteiger partial charge in [0.2, 0.25) is 0 Å². The number of carboxylic acids is 2. The van der Waals surface area contributed by atoms with Gasteiger partial charge < -0.3 is 15.9 Å². The summed E-state index contributed by atoms with van der Waals surface area (Å²) < 4.78 is 0. The van der Waals surface area contributed by atoms with Crippen molar-refractivity contribution < 1.29 is 19.8 Å². The number of hydrogen-bond acceptors (Lipinski definition) is 3. The van der Waals surface area contributed by atoms with Crippen molar-refractivity contribution >= 4 is 35.0 Å². The maximum atomic E-state index is 9.99. The number of carboxylic acid groups (broad SMARTS) is 2. The van der Waals surface area contributed by atoms with Crippen LogP contribution in [0, 0.1) is 0 Å². The quantitative estimate of drug-likeness (QED) is 0.442. The van der Waals surface area contributed by atoms with E-state index in [0.717, 1.165) is 0 Å². The molecule has 0 aromatic rings. The first-order valence-electron chi connectivity index (χ1n) is 2.74. The minimum absolute atomic E-state index is 0. The van der Waals surface area contributed by atoms with Gasteiger partial charge in [0.15, 0.2) is 0 Å². The Morgan fingerprint density at radius 2 is 1.82 bits per heavy atom. The normalized spacial score (nSPS) is 11.4. The minimum atomic E-state index is -1.17. The minimum Gasteiger partial charge on any atom is -0.481 e. The van der Waals surface area contributed by atoms with E-state index < -0.39 is 18.0 Å². The fourth-order valence-electron chi connectivity index (χ4n) is 0.402. The molecule has 0 heterocycles. The summed E-state index contributed by atoms with van der Waals surface area (Å²) in [5.74, 6) is -2.20. The molecule has 0 aliphatic carbocycles. The van der Waals surface area contributed by atoms with Crippen LogP contribution in [0.4, 0.5) is 0 Å². The van der Waals surface area contributed by atoms with Crippen molar-refractivity contribution in [3.8, 4) is 0 Å². The molecule has 0 unspecified atom stereocenters. The lowest BCUT2D eigenvalue weighted by molar-refractivity contribution is -0.139. The van der Waals surface area contributed by atoms with Gasteiger partial charge in [-0.05, 0) is 6.42 Å². The van der Waals surface area contributed by atoms with E-state index in [9.17, 15) is 9.59 Å². The Morgan fingerprint density at radius 3 is 2.09 bits per heavy atom. The Hall–Kier alpha value is -0.334. The van der Waals surface area contributed by atoms with Crippen LogP contribution < -0.4 is 5.73 Å². The molecule has 1 atom stereocenters. The number of aliphatic carboxylic acids is 2. The van der Waals surface area contributed by atoms with Gasteiger partial charge in [0.1, 0.15) is 6.04 Å². The Balaban J connectivity index is 0. The van der Waals surface area contributed by atoms with Gasteiger partial charge >= 0.3 is 35.0 Å². The molecule has 0 saturated heterocycles. The highest BCUT2D eigenvalue weighted by atomic mass is 24.3. The molecular weight excluding hydrogens is 162 g/mol. The zero-order valence-corrected chi connectivity index (χ0v) is 5.28. The van der Waals surface area contributed by atoms with Crippen LogP contribution in [0.1, 0.15) is 12.8 Å². The van der Waals surface area contributed by atoms with Crippen LogP contribution >= 0.6 is 0 Å². The molecule has 0 rings (SSSR count). The highest BCUT2D eigenvalue weighted by Gasteiger charge is 2.12. The van der Waals surface area contributed by atoms with Gasteiger partial charge in [-0.3, -0.25) is 9.59 Å². The molecule has 4 N–H and O–H groups in total. The van der Waals surface area contributed by atoms with Crippen molar-refractivity contribution in [2.45, 2.75) is 18.9 Å². The predicted molar refractivity (Wildman–Crippen MR) is 41.0 cm³/mol. The Labute approximate surface area is 79.7 Å². The van der Waals surface area contributed by atoms with Crippen LogP contribution in [0.3, 0.4) is 0 Å². The smallest absolute Gasteiger partial charge is 0.320 e. The first-order valence-corrected chi connectivity index (χ1v) is 2.74. The molecule has 0 aromatic heterocycles. The zero-order chi connectivity index (χ0) is 8.15. The van der Waals surface area contributed by atoms with Gasteiger partial charge in [0, 0.05) is 6.42 Å². The first-order chi connectivity index (χ1) is 4.54. The molecule has 11 heavy (non-hydrogen) atoms. The van der Waals surface area contributed by atoms with Gasteiger partial charge in [-0.25, -0.2) is 0 Å². The van der Waals surface area contributed by atoms with Gasteiger partial charge in [-0.2, -0.15) is 0 Å². The second-order valence-corrected chi connectivity index (χ2v) is 1.88. The zero-order valence-electron chi connectivity index (χ0n) is 5.28. The maximum Gasteiger partial charge on any atom is 0.320 e. The van der Waals surface area contributed by atoms with E-state index in [4.69, 9.17) is 15.9 Å². The van der Waals surface area contributed by atoms with E-state index in [1.807, 2.05) is 0 Å². The molecular formula is C5H11MgNO4. The third-order valence-corrected chi connectivity index (χ3v) is 0.986. The lowest BCUT2D eigenvalue weighted by Gasteiger charge is -2.01. The summed E-state index contributed by atoms with van der Waals surface area (Å²) in [6.45, 7) is 0. The average Bonchev–Trinajstić information content (AvgIpc) is 1.82. The van der Waals surface area contributed by atoms with E-state index in [1.165, 1.54) is 0 Å². The Morgan fingerprint density at radius 1 is 1.36 bits per heavy atom. The number of rotatable bonds is 4. The van der Waals surface area contributed by atoms with E-state index in [0.29, 0.717) is 0 Å². The fraction of sp³-hybridized carbons (Fsp3) is 0.600. The molecule has 0 spiro atoms. The van der Waals surface area contributed by atoms with Crippen LogP contribution in [0.5, 0.6) is 0 Å². The van der Waals surface area contributed by atoms with Crippen LogP contribution in [0.25, 0.3) is 0 Å². The molecule has 6 heteroatoms. The van der Waals surface area contributed by atoms with E-state index >= 15 is 0 Å². The van der Waals surface area contributed by atoms with Crippen molar-refractivity contribution in [2.24, 2.45) is 5.73 Å². The fourth-order valence-corrected chi connectivity index (χ4v) is 0.402. The van der Waals surface area contributed by atoms with Crippen LogP contribution in [0.2, 0.25) is 0 Å². The molecule has 0 bridgehead atoms. The number of carbonyl (C=O) groups is 2. The molecule has 0 aliphatic rings. The first kappa shape index (κ1) is 13.3. The second kappa shape index (κ2) is 6.38. The molecule has 0 amide bonds. The molecule has 62 valence electrons. The van der Waals surface area contributed by atoms with Gasteiger partial charge in [0.05, 0.1) is 0 Å². The van der Waals surface area contributed by atoms with Gasteiger partial charge in [-0.15, -0.1) is 0 Å². The van der Waals surface area contributed by atoms with Crippen LogP contribution in [-0.2, 0) is 9.59 Å². The molecule has 5 nitrogen and oxygen atoms in total. The van der Waals surface area contributed by atoms with Gasteiger partial charge in [-0.1, -0.05) is 0 Å². The van der Waals surface area contributed by atoms with Crippen molar-refractivity contribution in [3.63, 3.8) is 0 Å². The molecule has 0 fully saturated rings. The Kier molecular flexibility index (Phi) is 7.70. The third kappa shape index (κ3) is 7.56. The Bertz CT molecular complexity index is 149. The van der Waals surface area contributed by atoms with Crippen molar-refractivity contribution in [1.29, 1.82) is 0 Å². The lowest BCUT2D eigenvalue weighted by atomic mass is 10.2. The summed E-state index contributed by atoms with van der Waals surface area (Å²) in [5.41, 5.74) is 5.00. The average molecular weight is 173 g/mol. The monoisotopic (exact) mass is 173 g/mol. The highest BCUT2D eigenvalue weighted by molar-refractivity contribution is 5.75. The SMILES string of the molecule is N[C@H](CCC(=O)O)C(=O)O.[MgH2]. The lowest BCUT2D eigenvalue weighted by Crippen LogP contribution is -2.30. The molecule has 0 radical (unpaired) electrons.